The summed E-state index contributed by atoms with van der Waals surface area (Å²) in [6.45, 7) is 0.143. The van der Waals surface area contributed by atoms with Gasteiger partial charge in [0.25, 0.3) is 0 Å². The first kappa shape index (κ1) is 15.2. The minimum atomic E-state index is -0.0735. The Labute approximate surface area is 135 Å². The summed E-state index contributed by atoms with van der Waals surface area (Å²) >= 11 is 0. The molecule has 23 heavy (non-hydrogen) atoms. The van der Waals surface area contributed by atoms with Crippen LogP contribution in [0.2, 0.25) is 0 Å². The van der Waals surface area contributed by atoms with Crippen molar-refractivity contribution in [3.63, 3.8) is 0 Å². The first-order chi connectivity index (χ1) is 11.3. The summed E-state index contributed by atoms with van der Waals surface area (Å²) in [6, 6.07) is 16.2. The van der Waals surface area contributed by atoms with Crippen LogP contribution >= 0.6 is 0 Å². The molecule has 1 heterocycles. The maximum atomic E-state index is 10.7. The second kappa shape index (κ2) is 7.03. The summed E-state index contributed by atoms with van der Waals surface area (Å²) in [7, 11) is 0. The van der Waals surface area contributed by atoms with Crippen LogP contribution in [-0.2, 0) is 11.2 Å². The molecule has 2 aromatic rings. The van der Waals surface area contributed by atoms with Gasteiger partial charge in [-0.25, -0.2) is 0 Å². The van der Waals surface area contributed by atoms with Crippen molar-refractivity contribution in [3.05, 3.63) is 83.1 Å². The highest BCUT2D eigenvalue weighted by molar-refractivity contribution is 5.83. The molecule has 1 aliphatic rings. The molecule has 0 aromatic heterocycles. The van der Waals surface area contributed by atoms with Gasteiger partial charge in [0.15, 0.2) is 0 Å². The molecule has 0 fully saturated rings. The van der Waals surface area contributed by atoms with Gasteiger partial charge in [-0.05, 0) is 29.2 Å². The van der Waals surface area contributed by atoms with E-state index >= 15 is 0 Å². The van der Waals surface area contributed by atoms with Crippen LogP contribution in [0.5, 0.6) is 0 Å². The van der Waals surface area contributed by atoms with E-state index in [4.69, 9.17) is 5.11 Å². The van der Waals surface area contributed by atoms with Crippen molar-refractivity contribution in [2.45, 2.75) is 12.5 Å². The van der Waals surface area contributed by atoms with Crippen LogP contribution in [0.25, 0.3) is 0 Å². The molecule has 1 unspecified atom stereocenters. The molecule has 0 saturated carbocycles. The second-order valence-electron chi connectivity index (χ2n) is 5.35. The van der Waals surface area contributed by atoms with E-state index in [0.717, 1.165) is 28.5 Å². The van der Waals surface area contributed by atoms with E-state index in [1.807, 2.05) is 30.3 Å². The van der Waals surface area contributed by atoms with Crippen molar-refractivity contribution in [3.8, 4) is 0 Å². The molecule has 0 amide bonds. The van der Waals surface area contributed by atoms with E-state index in [0.29, 0.717) is 6.42 Å². The fourth-order valence-electron chi connectivity index (χ4n) is 2.79. The van der Waals surface area contributed by atoms with Crippen molar-refractivity contribution in [2.75, 3.05) is 6.61 Å². The molecule has 4 nitrogen and oxygen atoms in total. The second-order valence-corrected chi connectivity index (χ2v) is 5.35. The summed E-state index contributed by atoms with van der Waals surface area (Å²) in [5.74, 6) is 0. The van der Waals surface area contributed by atoms with Crippen LogP contribution < -0.4 is 0 Å². The Hall–Kier alpha value is -2.72. The third-order valence-corrected chi connectivity index (χ3v) is 3.90. The van der Waals surface area contributed by atoms with Crippen molar-refractivity contribution in [1.82, 2.24) is 5.01 Å². The van der Waals surface area contributed by atoms with Gasteiger partial charge in [0.1, 0.15) is 12.3 Å². The molecule has 0 bridgehead atoms. The summed E-state index contributed by atoms with van der Waals surface area (Å²) in [4.78, 5) is 10.7. The smallest absolute Gasteiger partial charge is 0.144 e. The van der Waals surface area contributed by atoms with Crippen molar-refractivity contribution < 1.29 is 9.90 Å². The highest BCUT2D eigenvalue weighted by atomic mass is 16.2. The Morgan fingerprint density at radius 3 is 2.65 bits per heavy atom. The number of aliphatic hydroxyl groups is 1. The number of hydrogen-bond donors (Lipinski definition) is 1. The minimum absolute atomic E-state index is 0.0735. The Morgan fingerprint density at radius 1 is 1.13 bits per heavy atom. The van der Waals surface area contributed by atoms with Crippen LogP contribution in [0.15, 0.2) is 65.9 Å². The molecule has 1 N–H and O–H groups in total. The van der Waals surface area contributed by atoms with E-state index in [2.05, 4.69) is 23.3 Å². The van der Waals surface area contributed by atoms with Gasteiger partial charge in [0, 0.05) is 18.4 Å². The molecule has 1 atom stereocenters. The number of carbonyl (C=O) groups excluding carboxylic acids is 1. The van der Waals surface area contributed by atoms with Crippen LogP contribution in [0.1, 0.15) is 28.3 Å². The molecule has 0 saturated heterocycles. The zero-order valence-electron chi connectivity index (χ0n) is 12.7. The number of hydrazone groups is 1. The van der Waals surface area contributed by atoms with E-state index in [9.17, 15) is 4.79 Å². The number of nitrogens with zero attached hydrogens (tertiary/aromatic N) is 2. The van der Waals surface area contributed by atoms with Crippen molar-refractivity contribution >= 4 is 12.5 Å². The number of carbonyl (C=O) groups is 1. The molecular weight excluding hydrogens is 288 g/mol. The summed E-state index contributed by atoms with van der Waals surface area (Å²) in [5.41, 5.74) is 4.41. The Morgan fingerprint density at radius 2 is 1.91 bits per heavy atom. The Kier molecular flexibility index (Phi) is 4.64. The lowest BCUT2D eigenvalue weighted by Crippen LogP contribution is -2.24. The van der Waals surface area contributed by atoms with Gasteiger partial charge in [-0.15, -0.1) is 0 Å². The van der Waals surface area contributed by atoms with Gasteiger partial charge in [0.05, 0.1) is 6.21 Å². The number of allylic oxidation sites excluding steroid dienone is 1. The maximum Gasteiger partial charge on any atom is 0.144 e. The fraction of sp³-hybridized carbons (Fsp3) is 0.158. The predicted molar refractivity (Wildman–Crippen MR) is 90.2 cm³/mol. The average Bonchev–Trinajstić information content (AvgIpc) is 2.60. The zero-order valence-corrected chi connectivity index (χ0v) is 12.7. The number of fused-ring (bicyclic) bond motifs is 1. The van der Waals surface area contributed by atoms with E-state index < -0.39 is 0 Å². The Balaban J connectivity index is 2.01. The largest absolute Gasteiger partial charge is 0.396 e. The molecule has 1 aliphatic heterocycles. The number of benzene rings is 2. The average molecular weight is 306 g/mol. The number of aliphatic hydroxyl groups excluding tert-OH is 1. The van der Waals surface area contributed by atoms with E-state index in [1.165, 1.54) is 6.08 Å². The maximum absolute atomic E-state index is 10.7. The van der Waals surface area contributed by atoms with Crippen LogP contribution in [0.3, 0.4) is 0 Å². The lowest BCUT2D eigenvalue weighted by atomic mass is 9.92. The standard InChI is InChI=1S/C19H18N2O2/c22-12-3-11-21-19(16-8-6-15(7-9-16)10-13-23)18-5-2-1-4-17(18)14-20-21/h1-9,11-12,14,19,23H,10,13H2/b11-3+. The molecule has 0 radical (unpaired) electrons. The normalized spacial score (nSPS) is 16.6. The van der Waals surface area contributed by atoms with Gasteiger partial charge in [-0.3, -0.25) is 9.80 Å². The van der Waals surface area contributed by atoms with Gasteiger partial charge in [-0.2, -0.15) is 5.10 Å². The summed E-state index contributed by atoms with van der Waals surface area (Å²) in [6.07, 6.45) is 6.33. The topological polar surface area (TPSA) is 52.9 Å². The monoisotopic (exact) mass is 306 g/mol. The molecule has 3 rings (SSSR count). The number of aldehydes is 1. The molecule has 0 aliphatic carbocycles. The molecular formula is C19H18N2O2. The summed E-state index contributed by atoms with van der Waals surface area (Å²) < 4.78 is 0. The quantitative estimate of drug-likeness (QED) is 0.682. The van der Waals surface area contributed by atoms with Gasteiger partial charge >= 0.3 is 0 Å². The molecule has 4 heteroatoms. The SMILES string of the molecule is O=C/C=C/N1N=Cc2ccccc2C1c1ccc(CCO)cc1. The third-order valence-electron chi connectivity index (χ3n) is 3.90. The predicted octanol–water partition coefficient (Wildman–Crippen LogP) is 2.67. The lowest BCUT2D eigenvalue weighted by Gasteiger charge is -2.31. The van der Waals surface area contributed by atoms with Crippen LogP contribution in [0.4, 0.5) is 0 Å². The van der Waals surface area contributed by atoms with Gasteiger partial charge in [-0.1, -0.05) is 48.5 Å². The van der Waals surface area contributed by atoms with Gasteiger partial charge < -0.3 is 5.11 Å². The van der Waals surface area contributed by atoms with Gasteiger partial charge in [0.2, 0.25) is 0 Å². The first-order valence-corrected chi connectivity index (χ1v) is 7.56. The highest BCUT2D eigenvalue weighted by Crippen LogP contribution is 2.33. The van der Waals surface area contributed by atoms with E-state index in [1.54, 1.807) is 17.4 Å². The number of hydrogen-bond acceptors (Lipinski definition) is 4. The van der Waals surface area contributed by atoms with Crippen LogP contribution in [-0.4, -0.2) is 29.2 Å². The molecule has 0 spiro atoms. The molecule has 2 aromatic carbocycles. The third kappa shape index (κ3) is 3.22. The van der Waals surface area contributed by atoms with Crippen molar-refractivity contribution in [1.29, 1.82) is 0 Å². The van der Waals surface area contributed by atoms with Crippen molar-refractivity contribution in [2.24, 2.45) is 5.10 Å². The highest BCUT2D eigenvalue weighted by Gasteiger charge is 2.24. The van der Waals surface area contributed by atoms with E-state index in [-0.39, 0.29) is 12.6 Å². The number of rotatable bonds is 5. The van der Waals surface area contributed by atoms with Crippen LogP contribution in [0, 0.1) is 0 Å². The lowest BCUT2D eigenvalue weighted by molar-refractivity contribution is -0.104. The minimum Gasteiger partial charge on any atom is -0.396 e. The Bertz CT molecular complexity index is 735. The zero-order chi connectivity index (χ0) is 16.1. The first-order valence-electron chi connectivity index (χ1n) is 7.56. The molecule has 116 valence electrons. The summed E-state index contributed by atoms with van der Waals surface area (Å²) in [5, 5.41) is 15.3. The fourth-order valence-corrected chi connectivity index (χ4v) is 2.79.